The van der Waals surface area contributed by atoms with Crippen LogP contribution in [0, 0.1) is 28.6 Å². The molecule has 0 spiro atoms. The molecule has 1 amide bonds. The van der Waals surface area contributed by atoms with Crippen molar-refractivity contribution in [2.24, 2.45) is 5.92 Å². The van der Waals surface area contributed by atoms with Crippen molar-refractivity contribution in [3.8, 4) is 12.1 Å². The predicted octanol–water partition coefficient (Wildman–Crippen LogP) is 2.99. The van der Waals surface area contributed by atoms with Gasteiger partial charge in [0.1, 0.15) is 11.7 Å². The third-order valence-corrected chi connectivity index (χ3v) is 4.17. The third-order valence-electron chi connectivity index (χ3n) is 4.17. The van der Waals surface area contributed by atoms with E-state index in [9.17, 15) is 10.1 Å². The summed E-state index contributed by atoms with van der Waals surface area (Å²) in [4.78, 5) is 20.1. The van der Waals surface area contributed by atoms with Crippen molar-refractivity contribution in [1.29, 1.82) is 10.5 Å². The van der Waals surface area contributed by atoms with E-state index in [1.807, 2.05) is 37.3 Å². The van der Waals surface area contributed by atoms with Gasteiger partial charge in [0, 0.05) is 0 Å². The largest absolute Gasteiger partial charge is 0.345 e. The molecule has 0 aliphatic heterocycles. The number of imidazole rings is 1. The molecule has 1 heterocycles. The lowest BCUT2D eigenvalue weighted by Crippen LogP contribution is -2.33. The quantitative estimate of drug-likeness (QED) is 0.743. The van der Waals surface area contributed by atoms with E-state index < -0.39 is 5.92 Å². The smallest absolute Gasteiger partial charge is 0.238 e. The molecule has 2 atom stereocenters. The van der Waals surface area contributed by atoms with Crippen LogP contribution in [0.15, 0.2) is 48.5 Å². The van der Waals surface area contributed by atoms with E-state index >= 15 is 0 Å². The van der Waals surface area contributed by atoms with E-state index in [0.717, 1.165) is 16.6 Å². The van der Waals surface area contributed by atoms with E-state index in [2.05, 4.69) is 21.4 Å². The number of nitrogens with one attached hydrogen (secondary N) is 2. The van der Waals surface area contributed by atoms with Gasteiger partial charge in [-0.05, 0) is 43.2 Å². The Kier molecular flexibility index (Phi) is 4.96. The SMILES string of the molecule is C[C@@H](NC(=O)[C@H](C#N)Cc1ccc(C#N)cc1)c1nc2ccccc2[nH]1. The van der Waals surface area contributed by atoms with Gasteiger partial charge in [-0.15, -0.1) is 0 Å². The van der Waals surface area contributed by atoms with Gasteiger partial charge < -0.3 is 10.3 Å². The molecular formula is C20H17N5O. The lowest BCUT2D eigenvalue weighted by Gasteiger charge is -2.14. The Morgan fingerprint density at radius 1 is 1.19 bits per heavy atom. The molecule has 0 saturated carbocycles. The number of para-hydroxylation sites is 2. The van der Waals surface area contributed by atoms with Crippen LogP contribution in [-0.2, 0) is 11.2 Å². The molecule has 0 radical (unpaired) electrons. The maximum Gasteiger partial charge on any atom is 0.238 e. The van der Waals surface area contributed by atoms with Crippen molar-refractivity contribution in [1.82, 2.24) is 15.3 Å². The van der Waals surface area contributed by atoms with Gasteiger partial charge in [0.25, 0.3) is 0 Å². The summed E-state index contributed by atoms with van der Waals surface area (Å²) in [6.07, 6.45) is 0.293. The summed E-state index contributed by atoms with van der Waals surface area (Å²) in [6, 6.07) is 18.3. The van der Waals surface area contributed by atoms with Gasteiger partial charge in [-0.2, -0.15) is 10.5 Å². The Labute approximate surface area is 151 Å². The standard InChI is InChI=1S/C20H17N5O/c1-13(19-24-17-4-2-3-5-18(17)25-19)23-20(26)16(12-22)10-14-6-8-15(11-21)9-7-14/h2-9,13,16H,10H2,1H3,(H,23,26)(H,24,25)/t13-,16+/m1/s1. The predicted molar refractivity (Wildman–Crippen MR) is 96.6 cm³/mol. The van der Waals surface area contributed by atoms with Crippen LogP contribution < -0.4 is 5.32 Å². The minimum atomic E-state index is -0.810. The Hall–Kier alpha value is -3.64. The van der Waals surface area contributed by atoms with Crippen LogP contribution in [0.3, 0.4) is 0 Å². The summed E-state index contributed by atoms with van der Waals surface area (Å²) < 4.78 is 0. The maximum atomic E-state index is 12.5. The van der Waals surface area contributed by atoms with Crippen molar-refractivity contribution < 1.29 is 4.79 Å². The van der Waals surface area contributed by atoms with Crippen LogP contribution in [0.5, 0.6) is 0 Å². The Bertz CT molecular complexity index is 974. The molecule has 0 aliphatic carbocycles. The van der Waals surface area contributed by atoms with Gasteiger partial charge in [-0.1, -0.05) is 24.3 Å². The maximum absolute atomic E-state index is 12.5. The molecule has 6 heteroatoms. The molecule has 0 unspecified atom stereocenters. The van der Waals surface area contributed by atoms with Crippen molar-refractivity contribution in [3.05, 3.63) is 65.5 Å². The average molecular weight is 343 g/mol. The van der Waals surface area contributed by atoms with Crippen LogP contribution in [-0.4, -0.2) is 15.9 Å². The zero-order valence-electron chi connectivity index (χ0n) is 14.2. The van der Waals surface area contributed by atoms with Gasteiger partial charge in [0.05, 0.1) is 34.8 Å². The molecular weight excluding hydrogens is 326 g/mol. The number of benzene rings is 2. The summed E-state index contributed by atoms with van der Waals surface area (Å²) in [5.41, 5.74) is 3.11. The van der Waals surface area contributed by atoms with Crippen LogP contribution in [0.25, 0.3) is 11.0 Å². The highest BCUT2D eigenvalue weighted by molar-refractivity contribution is 5.82. The van der Waals surface area contributed by atoms with Gasteiger partial charge in [0.2, 0.25) is 5.91 Å². The number of fused-ring (bicyclic) bond motifs is 1. The van der Waals surface area contributed by atoms with Crippen molar-refractivity contribution in [2.45, 2.75) is 19.4 Å². The normalized spacial score (nSPS) is 12.7. The first-order chi connectivity index (χ1) is 12.6. The number of rotatable bonds is 5. The van der Waals surface area contributed by atoms with E-state index in [-0.39, 0.29) is 11.9 Å². The highest BCUT2D eigenvalue weighted by atomic mass is 16.1. The number of nitrogens with zero attached hydrogens (tertiary/aromatic N) is 3. The average Bonchev–Trinajstić information content (AvgIpc) is 3.11. The van der Waals surface area contributed by atoms with Crippen molar-refractivity contribution >= 4 is 16.9 Å². The molecule has 3 aromatic rings. The van der Waals surface area contributed by atoms with Gasteiger partial charge in [-0.25, -0.2) is 4.98 Å². The number of amides is 1. The minimum absolute atomic E-state index is 0.293. The number of H-pyrrole nitrogens is 1. The van der Waals surface area contributed by atoms with Crippen molar-refractivity contribution in [3.63, 3.8) is 0 Å². The molecule has 128 valence electrons. The Morgan fingerprint density at radius 2 is 1.92 bits per heavy atom. The third kappa shape index (κ3) is 3.71. The molecule has 0 aliphatic rings. The lowest BCUT2D eigenvalue weighted by molar-refractivity contribution is -0.124. The number of hydrogen-bond acceptors (Lipinski definition) is 4. The van der Waals surface area contributed by atoms with Crippen LogP contribution in [0.1, 0.15) is 29.9 Å². The zero-order valence-corrected chi connectivity index (χ0v) is 14.2. The first-order valence-electron chi connectivity index (χ1n) is 8.24. The van der Waals surface area contributed by atoms with Gasteiger partial charge in [-0.3, -0.25) is 4.79 Å². The summed E-state index contributed by atoms with van der Waals surface area (Å²) in [7, 11) is 0. The Balaban J connectivity index is 1.68. The van der Waals surface area contributed by atoms with Crippen LogP contribution in [0.4, 0.5) is 0 Å². The lowest BCUT2D eigenvalue weighted by atomic mass is 9.98. The minimum Gasteiger partial charge on any atom is -0.345 e. The molecule has 26 heavy (non-hydrogen) atoms. The van der Waals surface area contributed by atoms with Gasteiger partial charge >= 0.3 is 0 Å². The highest BCUT2D eigenvalue weighted by Crippen LogP contribution is 2.17. The number of aromatic amines is 1. The molecule has 2 aromatic carbocycles. The van der Waals surface area contributed by atoms with E-state index in [1.165, 1.54) is 0 Å². The molecule has 0 bridgehead atoms. The second kappa shape index (κ2) is 7.50. The number of nitriles is 2. The molecule has 0 fully saturated rings. The molecule has 1 aromatic heterocycles. The monoisotopic (exact) mass is 343 g/mol. The second-order valence-electron chi connectivity index (χ2n) is 6.06. The molecule has 2 N–H and O–H groups in total. The summed E-state index contributed by atoms with van der Waals surface area (Å²) in [5.74, 6) is -0.505. The summed E-state index contributed by atoms with van der Waals surface area (Å²) in [6.45, 7) is 1.83. The van der Waals surface area contributed by atoms with E-state index in [4.69, 9.17) is 5.26 Å². The second-order valence-corrected chi connectivity index (χ2v) is 6.06. The van der Waals surface area contributed by atoms with E-state index in [1.54, 1.807) is 24.3 Å². The van der Waals surface area contributed by atoms with Gasteiger partial charge in [0.15, 0.2) is 0 Å². The van der Waals surface area contributed by atoms with Crippen LogP contribution in [0.2, 0.25) is 0 Å². The van der Waals surface area contributed by atoms with Crippen LogP contribution >= 0.6 is 0 Å². The van der Waals surface area contributed by atoms with Crippen molar-refractivity contribution in [2.75, 3.05) is 0 Å². The molecule has 3 rings (SSSR count). The molecule has 6 nitrogen and oxygen atoms in total. The summed E-state index contributed by atoms with van der Waals surface area (Å²) >= 11 is 0. The topological polar surface area (TPSA) is 105 Å². The first-order valence-corrected chi connectivity index (χ1v) is 8.24. The number of carbonyl (C=O) groups excluding carboxylic acids is 1. The number of aromatic nitrogens is 2. The summed E-state index contributed by atoms with van der Waals surface area (Å²) in [5, 5.41) is 21.0. The number of carbonyl (C=O) groups is 1. The fourth-order valence-electron chi connectivity index (χ4n) is 2.71. The zero-order chi connectivity index (χ0) is 18.5. The molecule has 0 saturated heterocycles. The number of hydrogen-bond donors (Lipinski definition) is 2. The van der Waals surface area contributed by atoms with E-state index in [0.29, 0.717) is 17.8 Å². The Morgan fingerprint density at radius 3 is 2.58 bits per heavy atom. The fourth-order valence-corrected chi connectivity index (χ4v) is 2.71. The first kappa shape index (κ1) is 17.2. The fraction of sp³-hybridized carbons (Fsp3) is 0.200. The highest BCUT2D eigenvalue weighted by Gasteiger charge is 2.22.